The molecule has 1 heterocycles. The standard InChI is InChI=1S/C17H17N3O2S/c1-11(16(21)18-14-9-5-6-10-15(14)22-2)23-17-19-12-7-3-4-8-13(12)20-17/h3-11H,1-2H3,(H,18,21)(H,19,20)/t11-/m1/s1. The highest BCUT2D eigenvalue weighted by atomic mass is 32.2. The van der Waals surface area contributed by atoms with Gasteiger partial charge in [0.25, 0.3) is 0 Å². The van der Waals surface area contributed by atoms with Gasteiger partial charge in [-0.1, -0.05) is 36.0 Å². The largest absolute Gasteiger partial charge is 0.495 e. The molecular weight excluding hydrogens is 310 g/mol. The number of methoxy groups -OCH3 is 1. The lowest BCUT2D eigenvalue weighted by atomic mass is 10.3. The molecular formula is C17H17N3O2S. The number of aromatic nitrogens is 2. The number of imidazole rings is 1. The summed E-state index contributed by atoms with van der Waals surface area (Å²) in [4.78, 5) is 20.1. The minimum Gasteiger partial charge on any atom is -0.495 e. The number of amides is 1. The molecule has 0 spiro atoms. The first-order chi connectivity index (χ1) is 11.2. The average Bonchev–Trinajstić information content (AvgIpc) is 2.97. The fourth-order valence-electron chi connectivity index (χ4n) is 2.19. The second-order valence-electron chi connectivity index (χ2n) is 5.01. The van der Waals surface area contributed by atoms with E-state index in [2.05, 4.69) is 15.3 Å². The zero-order valence-corrected chi connectivity index (χ0v) is 13.7. The third kappa shape index (κ3) is 3.48. The van der Waals surface area contributed by atoms with Gasteiger partial charge in [-0.05, 0) is 31.2 Å². The molecule has 0 aliphatic rings. The Bertz CT molecular complexity index is 798. The zero-order valence-electron chi connectivity index (χ0n) is 12.9. The molecule has 0 saturated heterocycles. The highest BCUT2D eigenvalue weighted by Crippen LogP contribution is 2.27. The summed E-state index contributed by atoms with van der Waals surface area (Å²) >= 11 is 1.39. The van der Waals surface area contributed by atoms with Gasteiger partial charge in [-0.2, -0.15) is 0 Å². The van der Waals surface area contributed by atoms with Crippen molar-refractivity contribution < 1.29 is 9.53 Å². The first-order valence-corrected chi connectivity index (χ1v) is 8.10. The monoisotopic (exact) mass is 327 g/mol. The van der Waals surface area contributed by atoms with Gasteiger partial charge in [0.05, 0.1) is 29.1 Å². The van der Waals surface area contributed by atoms with Crippen LogP contribution in [0.5, 0.6) is 5.75 Å². The number of benzene rings is 2. The van der Waals surface area contributed by atoms with Gasteiger partial charge < -0.3 is 15.0 Å². The number of nitrogens with zero attached hydrogens (tertiary/aromatic N) is 1. The van der Waals surface area contributed by atoms with E-state index >= 15 is 0 Å². The lowest BCUT2D eigenvalue weighted by Crippen LogP contribution is -2.22. The maximum absolute atomic E-state index is 12.4. The van der Waals surface area contributed by atoms with E-state index in [1.54, 1.807) is 7.11 Å². The van der Waals surface area contributed by atoms with Crippen molar-refractivity contribution in [3.63, 3.8) is 0 Å². The fraction of sp³-hybridized carbons (Fsp3) is 0.176. The number of carbonyl (C=O) groups excluding carboxylic acids is 1. The molecule has 0 radical (unpaired) electrons. The van der Waals surface area contributed by atoms with Gasteiger partial charge in [0.1, 0.15) is 5.75 Å². The van der Waals surface area contributed by atoms with Gasteiger partial charge >= 0.3 is 0 Å². The third-order valence-corrected chi connectivity index (χ3v) is 4.37. The molecule has 2 N–H and O–H groups in total. The number of hydrogen-bond donors (Lipinski definition) is 2. The van der Waals surface area contributed by atoms with E-state index in [1.807, 2.05) is 55.5 Å². The Labute approximate surface area is 138 Å². The van der Waals surface area contributed by atoms with E-state index < -0.39 is 0 Å². The van der Waals surface area contributed by atoms with Crippen LogP contribution in [0.3, 0.4) is 0 Å². The molecule has 1 amide bonds. The summed E-state index contributed by atoms with van der Waals surface area (Å²) < 4.78 is 5.24. The van der Waals surface area contributed by atoms with Crippen LogP contribution in [0.15, 0.2) is 53.7 Å². The van der Waals surface area contributed by atoms with Crippen LogP contribution in [0.1, 0.15) is 6.92 Å². The molecule has 3 rings (SSSR count). The second kappa shape index (κ2) is 6.75. The van der Waals surface area contributed by atoms with Crippen molar-refractivity contribution in [2.45, 2.75) is 17.3 Å². The quantitative estimate of drug-likeness (QED) is 0.701. The van der Waals surface area contributed by atoms with Crippen molar-refractivity contribution in [2.24, 2.45) is 0 Å². The van der Waals surface area contributed by atoms with E-state index in [0.29, 0.717) is 11.4 Å². The van der Waals surface area contributed by atoms with E-state index in [-0.39, 0.29) is 11.2 Å². The number of fused-ring (bicyclic) bond motifs is 1. The van der Waals surface area contributed by atoms with Gasteiger partial charge in [-0.25, -0.2) is 4.98 Å². The number of thioether (sulfide) groups is 1. The molecule has 3 aromatic rings. The second-order valence-corrected chi connectivity index (χ2v) is 6.34. The summed E-state index contributed by atoms with van der Waals surface area (Å²) in [6, 6.07) is 15.1. The Hall–Kier alpha value is -2.47. The molecule has 6 heteroatoms. The van der Waals surface area contributed by atoms with Crippen LogP contribution in [-0.4, -0.2) is 28.2 Å². The van der Waals surface area contributed by atoms with Gasteiger partial charge in [-0.15, -0.1) is 0 Å². The predicted molar refractivity (Wildman–Crippen MR) is 93.0 cm³/mol. The molecule has 1 atom stereocenters. The number of ether oxygens (including phenoxy) is 1. The molecule has 0 fully saturated rings. The van der Waals surface area contributed by atoms with Gasteiger partial charge in [0.15, 0.2) is 5.16 Å². The topological polar surface area (TPSA) is 67.0 Å². The summed E-state index contributed by atoms with van der Waals surface area (Å²) in [7, 11) is 1.58. The Kier molecular flexibility index (Phi) is 4.52. The van der Waals surface area contributed by atoms with Crippen molar-refractivity contribution >= 4 is 34.4 Å². The molecule has 0 bridgehead atoms. The van der Waals surface area contributed by atoms with Gasteiger partial charge in [0, 0.05) is 0 Å². The summed E-state index contributed by atoms with van der Waals surface area (Å²) in [6.45, 7) is 1.85. The average molecular weight is 327 g/mol. The molecule has 0 saturated carbocycles. The van der Waals surface area contributed by atoms with E-state index in [1.165, 1.54) is 11.8 Å². The number of aromatic amines is 1. The van der Waals surface area contributed by atoms with Crippen LogP contribution in [0, 0.1) is 0 Å². The first-order valence-electron chi connectivity index (χ1n) is 7.22. The number of nitrogens with one attached hydrogen (secondary N) is 2. The van der Waals surface area contributed by atoms with Crippen molar-refractivity contribution in [1.82, 2.24) is 9.97 Å². The number of carbonyl (C=O) groups is 1. The van der Waals surface area contributed by atoms with Crippen LogP contribution in [-0.2, 0) is 4.79 Å². The van der Waals surface area contributed by atoms with Crippen molar-refractivity contribution in [2.75, 3.05) is 12.4 Å². The summed E-state index contributed by atoms with van der Waals surface area (Å²) in [5.41, 5.74) is 2.52. The zero-order chi connectivity index (χ0) is 16.2. The Balaban J connectivity index is 1.69. The molecule has 0 unspecified atom stereocenters. The Morgan fingerprint density at radius 1 is 1.22 bits per heavy atom. The van der Waals surface area contributed by atoms with Crippen molar-refractivity contribution in [1.29, 1.82) is 0 Å². The van der Waals surface area contributed by atoms with Gasteiger partial charge in [0.2, 0.25) is 5.91 Å². The van der Waals surface area contributed by atoms with Crippen LogP contribution < -0.4 is 10.1 Å². The molecule has 23 heavy (non-hydrogen) atoms. The molecule has 2 aromatic carbocycles. The summed E-state index contributed by atoms with van der Waals surface area (Å²) in [5, 5.41) is 3.33. The van der Waals surface area contributed by atoms with Crippen LogP contribution in [0.25, 0.3) is 11.0 Å². The van der Waals surface area contributed by atoms with E-state index in [9.17, 15) is 4.79 Å². The minimum absolute atomic E-state index is 0.0973. The van der Waals surface area contributed by atoms with Gasteiger partial charge in [-0.3, -0.25) is 4.79 Å². The number of rotatable bonds is 5. The molecule has 0 aliphatic heterocycles. The lowest BCUT2D eigenvalue weighted by Gasteiger charge is -2.13. The summed E-state index contributed by atoms with van der Waals surface area (Å²) in [6.07, 6.45) is 0. The van der Waals surface area contributed by atoms with Crippen LogP contribution in [0.4, 0.5) is 5.69 Å². The molecule has 1 aromatic heterocycles. The maximum Gasteiger partial charge on any atom is 0.237 e. The summed E-state index contributed by atoms with van der Waals surface area (Å²) in [5.74, 6) is 0.543. The van der Waals surface area contributed by atoms with E-state index in [4.69, 9.17) is 4.74 Å². The maximum atomic E-state index is 12.4. The third-order valence-electron chi connectivity index (χ3n) is 3.39. The molecule has 0 aliphatic carbocycles. The Morgan fingerprint density at radius 2 is 1.96 bits per heavy atom. The lowest BCUT2D eigenvalue weighted by molar-refractivity contribution is -0.115. The SMILES string of the molecule is COc1ccccc1NC(=O)[C@@H](C)Sc1nc2ccccc2[nH]1. The number of hydrogen-bond acceptors (Lipinski definition) is 4. The van der Waals surface area contributed by atoms with Crippen molar-refractivity contribution in [3.8, 4) is 5.75 Å². The molecule has 5 nitrogen and oxygen atoms in total. The number of para-hydroxylation sites is 4. The highest BCUT2D eigenvalue weighted by molar-refractivity contribution is 8.00. The fourth-order valence-corrected chi connectivity index (χ4v) is 3.01. The molecule has 118 valence electrons. The predicted octanol–water partition coefficient (Wildman–Crippen LogP) is 3.69. The first kappa shape index (κ1) is 15.4. The van der Waals surface area contributed by atoms with Crippen LogP contribution >= 0.6 is 11.8 Å². The van der Waals surface area contributed by atoms with Crippen molar-refractivity contribution in [3.05, 3.63) is 48.5 Å². The Morgan fingerprint density at radius 3 is 2.74 bits per heavy atom. The minimum atomic E-state index is -0.291. The smallest absolute Gasteiger partial charge is 0.237 e. The van der Waals surface area contributed by atoms with E-state index in [0.717, 1.165) is 16.2 Å². The van der Waals surface area contributed by atoms with Crippen LogP contribution in [0.2, 0.25) is 0 Å². The highest BCUT2D eigenvalue weighted by Gasteiger charge is 2.18. The number of H-pyrrole nitrogens is 1. The normalized spacial score (nSPS) is 12.1. The number of anilines is 1.